The summed E-state index contributed by atoms with van der Waals surface area (Å²) in [4.78, 5) is 19.0. The van der Waals surface area contributed by atoms with Crippen molar-refractivity contribution in [1.82, 2.24) is 30.1 Å². The van der Waals surface area contributed by atoms with Gasteiger partial charge in [0.2, 0.25) is 0 Å². The number of tetrazole rings is 1. The molecule has 0 spiro atoms. The van der Waals surface area contributed by atoms with Crippen LogP contribution in [0.3, 0.4) is 0 Å². The van der Waals surface area contributed by atoms with Gasteiger partial charge in [-0.3, -0.25) is 9.69 Å². The zero-order valence-corrected chi connectivity index (χ0v) is 19.7. The maximum absolute atomic E-state index is 13.6. The molecule has 0 saturated heterocycles. The molecule has 0 bridgehead atoms. The van der Waals surface area contributed by atoms with Gasteiger partial charge in [-0.05, 0) is 71.1 Å². The number of aryl methyl sites for hydroxylation is 2. The van der Waals surface area contributed by atoms with E-state index in [4.69, 9.17) is 4.42 Å². The van der Waals surface area contributed by atoms with Crippen LogP contribution in [0.2, 0.25) is 0 Å². The van der Waals surface area contributed by atoms with Gasteiger partial charge in [0.1, 0.15) is 18.3 Å². The van der Waals surface area contributed by atoms with Crippen molar-refractivity contribution in [1.29, 1.82) is 0 Å². The summed E-state index contributed by atoms with van der Waals surface area (Å²) in [5.74, 6) is 1.37. The van der Waals surface area contributed by atoms with Crippen molar-refractivity contribution in [2.24, 2.45) is 0 Å². The minimum absolute atomic E-state index is 0.123. The van der Waals surface area contributed by atoms with Gasteiger partial charge in [-0.1, -0.05) is 36.4 Å². The largest absolute Gasteiger partial charge is 0.467 e. The minimum atomic E-state index is -0.415. The van der Waals surface area contributed by atoms with Gasteiger partial charge in [0, 0.05) is 24.0 Å². The van der Waals surface area contributed by atoms with Crippen LogP contribution in [0.1, 0.15) is 45.4 Å². The molecule has 8 nitrogen and oxygen atoms in total. The maximum Gasteiger partial charge on any atom is 0.253 e. The van der Waals surface area contributed by atoms with Crippen LogP contribution < -0.4 is 5.56 Å². The molecule has 0 aliphatic carbocycles. The monoisotopic (exact) mass is 466 g/mol. The number of furan rings is 1. The molecule has 1 aliphatic heterocycles. The highest BCUT2D eigenvalue weighted by Crippen LogP contribution is 2.32. The number of fused-ring (bicyclic) bond motifs is 2. The number of hydrogen-bond acceptors (Lipinski definition) is 6. The topological polar surface area (TPSA) is 92.8 Å². The average Bonchev–Trinajstić information content (AvgIpc) is 3.55. The summed E-state index contributed by atoms with van der Waals surface area (Å²) in [5, 5.41) is 13.7. The molecule has 1 aliphatic rings. The predicted molar refractivity (Wildman–Crippen MR) is 132 cm³/mol. The van der Waals surface area contributed by atoms with Gasteiger partial charge in [-0.25, -0.2) is 4.68 Å². The number of aromatic amines is 1. The van der Waals surface area contributed by atoms with Gasteiger partial charge >= 0.3 is 0 Å². The van der Waals surface area contributed by atoms with E-state index < -0.39 is 6.04 Å². The summed E-state index contributed by atoms with van der Waals surface area (Å²) in [6, 6.07) is 17.9. The molecule has 1 N–H and O–H groups in total. The van der Waals surface area contributed by atoms with E-state index >= 15 is 0 Å². The fourth-order valence-electron chi connectivity index (χ4n) is 5.10. The molecule has 4 heterocycles. The van der Waals surface area contributed by atoms with Crippen molar-refractivity contribution in [3.63, 3.8) is 0 Å². The number of rotatable bonds is 5. The second-order valence-corrected chi connectivity index (χ2v) is 9.21. The normalized spacial score (nSPS) is 14.8. The zero-order chi connectivity index (χ0) is 23.9. The molecule has 6 rings (SSSR count). The van der Waals surface area contributed by atoms with Crippen molar-refractivity contribution < 1.29 is 4.42 Å². The van der Waals surface area contributed by atoms with Crippen LogP contribution >= 0.6 is 0 Å². The Morgan fingerprint density at radius 1 is 1.06 bits per heavy atom. The smallest absolute Gasteiger partial charge is 0.253 e. The zero-order valence-electron chi connectivity index (χ0n) is 19.7. The number of H-pyrrole nitrogens is 1. The third kappa shape index (κ3) is 3.85. The molecular weight excluding hydrogens is 440 g/mol. The molecule has 2 aromatic carbocycles. The fraction of sp³-hybridized carbons (Fsp3) is 0.259. The Morgan fingerprint density at radius 2 is 1.89 bits per heavy atom. The molecule has 176 valence electrons. The Kier molecular flexibility index (Phi) is 5.30. The number of nitrogens with one attached hydrogen (secondary N) is 1. The summed E-state index contributed by atoms with van der Waals surface area (Å²) >= 11 is 0. The van der Waals surface area contributed by atoms with Crippen molar-refractivity contribution in [3.05, 3.63) is 111 Å². The number of hydrogen-bond donors (Lipinski definition) is 1. The molecule has 8 heteroatoms. The van der Waals surface area contributed by atoms with Crippen LogP contribution in [-0.2, 0) is 19.5 Å². The Hall–Kier alpha value is -4.04. The van der Waals surface area contributed by atoms with Crippen LogP contribution in [0.25, 0.3) is 10.9 Å². The van der Waals surface area contributed by atoms with Crippen molar-refractivity contribution in [3.8, 4) is 0 Å². The highest BCUT2D eigenvalue weighted by molar-refractivity contribution is 5.85. The van der Waals surface area contributed by atoms with E-state index in [1.807, 2.05) is 31.2 Å². The van der Waals surface area contributed by atoms with Gasteiger partial charge in [0.05, 0.1) is 11.8 Å². The quantitative estimate of drug-likeness (QED) is 0.422. The first-order valence-electron chi connectivity index (χ1n) is 11.8. The SMILES string of the molecule is Cc1ccc(C)c2[nH]c(=O)c([C@@H](c3nnnn3Cc3ccco3)N3CCc4ccccc4C3)cc12. The fourth-order valence-corrected chi connectivity index (χ4v) is 5.10. The molecule has 0 radical (unpaired) electrons. The second-order valence-electron chi connectivity index (χ2n) is 9.21. The van der Waals surface area contributed by atoms with Crippen LogP contribution in [0, 0.1) is 13.8 Å². The number of nitrogens with zero attached hydrogens (tertiary/aromatic N) is 5. The van der Waals surface area contributed by atoms with Crippen LogP contribution in [0.4, 0.5) is 0 Å². The van der Waals surface area contributed by atoms with Crippen LogP contribution in [0.5, 0.6) is 0 Å². The molecule has 3 aromatic heterocycles. The molecule has 5 aromatic rings. The van der Waals surface area contributed by atoms with Crippen LogP contribution in [0.15, 0.2) is 70.1 Å². The molecule has 35 heavy (non-hydrogen) atoms. The first-order chi connectivity index (χ1) is 17.1. The van der Waals surface area contributed by atoms with E-state index in [2.05, 4.69) is 62.7 Å². The Balaban J connectivity index is 1.52. The molecule has 0 fully saturated rings. The highest BCUT2D eigenvalue weighted by atomic mass is 16.3. The summed E-state index contributed by atoms with van der Waals surface area (Å²) in [5.41, 5.74) is 6.15. The van der Waals surface area contributed by atoms with Gasteiger partial charge in [0.25, 0.3) is 5.56 Å². The van der Waals surface area contributed by atoms with Gasteiger partial charge in [-0.15, -0.1) is 5.10 Å². The summed E-state index contributed by atoms with van der Waals surface area (Å²) in [7, 11) is 0. The Labute approximate surface area is 202 Å². The number of pyridine rings is 1. The summed E-state index contributed by atoms with van der Waals surface area (Å²) < 4.78 is 7.28. The standard InChI is InChI=1S/C27H26N6O2/c1-17-9-10-18(2)24-22(17)14-23(27(34)28-24)25(32-12-11-19-6-3-4-7-20(19)15-32)26-29-30-31-33(26)16-21-8-5-13-35-21/h3-10,13-14,25H,11-12,15-16H2,1-2H3,(H,28,34)/t25-/m0/s1. The second kappa shape index (κ2) is 8.63. The average molecular weight is 467 g/mol. The third-order valence-electron chi connectivity index (χ3n) is 6.98. The molecule has 0 unspecified atom stereocenters. The van der Waals surface area contributed by atoms with Crippen molar-refractivity contribution >= 4 is 10.9 Å². The van der Waals surface area contributed by atoms with E-state index in [9.17, 15) is 4.79 Å². The Morgan fingerprint density at radius 3 is 2.71 bits per heavy atom. The molecular formula is C27H26N6O2. The van der Waals surface area contributed by atoms with E-state index in [1.165, 1.54) is 11.1 Å². The van der Waals surface area contributed by atoms with Gasteiger partial charge in [0.15, 0.2) is 5.82 Å². The Bertz CT molecular complexity index is 1570. The highest BCUT2D eigenvalue weighted by Gasteiger charge is 2.33. The predicted octanol–water partition coefficient (Wildman–Crippen LogP) is 3.92. The van der Waals surface area contributed by atoms with Gasteiger partial charge in [-0.2, -0.15) is 0 Å². The van der Waals surface area contributed by atoms with Gasteiger partial charge < -0.3 is 9.40 Å². The lowest BCUT2D eigenvalue weighted by Crippen LogP contribution is -2.38. The van der Waals surface area contributed by atoms with Crippen LogP contribution in [-0.4, -0.2) is 36.6 Å². The van der Waals surface area contributed by atoms with E-state index in [-0.39, 0.29) is 5.56 Å². The third-order valence-corrected chi connectivity index (χ3v) is 6.98. The maximum atomic E-state index is 13.6. The molecule has 0 saturated carbocycles. The van der Waals surface area contributed by atoms with E-state index in [1.54, 1.807) is 10.9 Å². The number of benzene rings is 2. The number of aromatic nitrogens is 5. The molecule has 0 amide bonds. The lowest BCUT2D eigenvalue weighted by molar-refractivity contribution is 0.193. The first kappa shape index (κ1) is 21.5. The van der Waals surface area contributed by atoms with E-state index in [0.29, 0.717) is 24.5 Å². The summed E-state index contributed by atoms with van der Waals surface area (Å²) in [6.45, 7) is 5.97. The summed E-state index contributed by atoms with van der Waals surface area (Å²) in [6.07, 6.45) is 2.54. The minimum Gasteiger partial charge on any atom is -0.467 e. The lowest BCUT2D eigenvalue weighted by Gasteiger charge is -2.34. The van der Waals surface area contributed by atoms with Crippen molar-refractivity contribution in [2.45, 2.75) is 39.4 Å². The first-order valence-corrected chi connectivity index (χ1v) is 11.8. The van der Waals surface area contributed by atoms with E-state index in [0.717, 1.165) is 40.8 Å². The molecule has 1 atom stereocenters. The van der Waals surface area contributed by atoms with Crippen molar-refractivity contribution in [2.75, 3.05) is 6.54 Å². The lowest BCUT2D eigenvalue weighted by atomic mass is 9.95.